The van der Waals surface area contributed by atoms with Crippen molar-refractivity contribution in [2.24, 2.45) is 0 Å². The molecule has 3 aromatic rings. The maximum Gasteiger partial charge on any atom is 0.231 e. The van der Waals surface area contributed by atoms with Gasteiger partial charge in [-0.05, 0) is 36.1 Å². The number of carbonyl (C=O) groups excluding carboxylic acids is 1. The van der Waals surface area contributed by atoms with Crippen molar-refractivity contribution in [1.82, 2.24) is 9.88 Å². The molecule has 0 unspecified atom stereocenters. The van der Waals surface area contributed by atoms with Gasteiger partial charge < -0.3 is 14.4 Å². The Balaban J connectivity index is 1.22. The van der Waals surface area contributed by atoms with Gasteiger partial charge in [-0.3, -0.25) is 4.79 Å². The lowest BCUT2D eigenvalue weighted by Crippen LogP contribution is -2.36. The number of nitrogens with zero attached hydrogens (tertiary/aromatic N) is 2. The third-order valence-corrected chi connectivity index (χ3v) is 6.17. The van der Waals surface area contributed by atoms with E-state index in [-0.39, 0.29) is 12.7 Å². The van der Waals surface area contributed by atoms with Crippen LogP contribution in [0.1, 0.15) is 23.2 Å². The zero-order chi connectivity index (χ0) is 18.9. The van der Waals surface area contributed by atoms with Crippen molar-refractivity contribution in [1.29, 1.82) is 0 Å². The van der Waals surface area contributed by atoms with Crippen LogP contribution in [0.5, 0.6) is 11.5 Å². The number of hydrogen-bond acceptors (Lipinski definition) is 5. The van der Waals surface area contributed by atoms with Crippen LogP contribution in [-0.2, 0) is 24.2 Å². The van der Waals surface area contributed by atoms with Crippen molar-refractivity contribution in [3.63, 3.8) is 0 Å². The van der Waals surface area contributed by atoms with Gasteiger partial charge in [-0.15, -0.1) is 11.3 Å². The summed E-state index contributed by atoms with van der Waals surface area (Å²) in [4.78, 5) is 19.4. The van der Waals surface area contributed by atoms with Crippen LogP contribution < -0.4 is 9.47 Å². The summed E-state index contributed by atoms with van der Waals surface area (Å²) in [5.74, 6) is 1.78. The smallest absolute Gasteiger partial charge is 0.231 e. The zero-order valence-corrected chi connectivity index (χ0v) is 16.2. The van der Waals surface area contributed by atoms with Crippen molar-refractivity contribution in [3.05, 3.63) is 64.7 Å². The van der Waals surface area contributed by atoms with Gasteiger partial charge >= 0.3 is 0 Å². The lowest BCUT2D eigenvalue weighted by atomic mass is 9.98. The monoisotopic (exact) mass is 392 g/mol. The second kappa shape index (κ2) is 7.28. The van der Waals surface area contributed by atoms with E-state index in [2.05, 4.69) is 23.6 Å². The molecule has 5 nitrogen and oxygen atoms in total. The topological polar surface area (TPSA) is 51.7 Å². The van der Waals surface area contributed by atoms with Gasteiger partial charge in [0.15, 0.2) is 11.5 Å². The third-order valence-electron chi connectivity index (χ3n) is 5.23. The van der Waals surface area contributed by atoms with Crippen molar-refractivity contribution in [2.45, 2.75) is 25.8 Å². The second-order valence-corrected chi connectivity index (χ2v) is 7.91. The molecule has 28 heavy (non-hydrogen) atoms. The first-order valence-corrected chi connectivity index (χ1v) is 10.3. The maximum absolute atomic E-state index is 12.7. The van der Waals surface area contributed by atoms with Crippen LogP contribution in [0, 0.1) is 0 Å². The van der Waals surface area contributed by atoms with E-state index < -0.39 is 0 Å². The molecular formula is C22H20N2O3S. The number of benzene rings is 2. The minimum atomic E-state index is 0.178. The quantitative estimate of drug-likeness (QED) is 0.672. The summed E-state index contributed by atoms with van der Waals surface area (Å²) in [5.41, 5.74) is 4.51. The number of ether oxygens (including phenoxy) is 2. The van der Waals surface area contributed by atoms with Gasteiger partial charge in [0.1, 0.15) is 5.01 Å². The van der Waals surface area contributed by atoms with Crippen LogP contribution in [0.25, 0.3) is 10.6 Å². The number of thiazole rings is 1. The van der Waals surface area contributed by atoms with E-state index in [1.165, 1.54) is 5.56 Å². The summed E-state index contributed by atoms with van der Waals surface area (Å²) in [5, 5.41) is 3.06. The average Bonchev–Trinajstić information content (AvgIpc) is 3.39. The fraction of sp³-hybridized carbons (Fsp3) is 0.273. The van der Waals surface area contributed by atoms with Gasteiger partial charge in [0.25, 0.3) is 0 Å². The lowest BCUT2D eigenvalue weighted by molar-refractivity contribution is -0.132. The highest BCUT2D eigenvalue weighted by atomic mass is 32.1. The molecule has 0 N–H and O–H groups in total. The summed E-state index contributed by atoms with van der Waals surface area (Å²) in [6.07, 6.45) is 2.01. The standard InChI is InChI=1S/C22H20N2O3S/c25-21(7-6-18-13-28-22(23-18)15-4-2-1-3-5-15)24-9-8-16-10-19-20(27-14-26-19)11-17(16)12-24/h1-5,10-11,13H,6-9,12,14H2. The summed E-state index contributed by atoms with van der Waals surface area (Å²) >= 11 is 1.63. The molecule has 2 aromatic carbocycles. The summed E-state index contributed by atoms with van der Waals surface area (Å²) in [6, 6.07) is 14.2. The minimum Gasteiger partial charge on any atom is -0.454 e. The Labute approximate surface area is 167 Å². The van der Waals surface area contributed by atoms with Crippen molar-refractivity contribution in [3.8, 4) is 22.1 Å². The third kappa shape index (κ3) is 3.36. The molecule has 2 aliphatic heterocycles. The number of rotatable bonds is 4. The highest BCUT2D eigenvalue weighted by molar-refractivity contribution is 7.13. The number of aryl methyl sites for hydroxylation is 1. The summed E-state index contributed by atoms with van der Waals surface area (Å²) in [7, 11) is 0. The maximum atomic E-state index is 12.7. The molecule has 1 amide bonds. The molecule has 0 bridgehead atoms. The predicted molar refractivity (Wildman–Crippen MR) is 108 cm³/mol. The molecule has 0 radical (unpaired) electrons. The fourth-order valence-corrected chi connectivity index (χ4v) is 4.55. The largest absolute Gasteiger partial charge is 0.454 e. The molecule has 2 aliphatic rings. The first kappa shape index (κ1) is 17.3. The van der Waals surface area contributed by atoms with Gasteiger partial charge in [-0.25, -0.2) is 4.98 Å². The normalized spacial score (nSPS) is 14.8. The summed E-state index contributed by atoms with van der Waals surface area (Å²) in [6.45, 7) is 1.66. The van der Waals surface area contributed by atoms with Crippen molar-refractivity contribution < 1.29 is 14.3 Å². The molecule has 5 rings (SSSR count). The molecule has 0 atom stereocenters. The second-order valence-electron chi connectivity index (χ2n) is 7.05. The van der Waals surface area contributed by atoms with Crippen LogP contribution in [-0.4, -0.2) is 29.1 Å². The Morgan fingerprint density at radius 2 is 1.89 bits per heavy atom. The number of fused-ring (bicyclic) bond motifs is 2. The van der Waals surface area contributed by atoms with E-state index in [9.17, 15) is 4.79 Å². The van der Waals surface area contributed by atoms with E-state index >= 15 is 0 Å². The van der Waals surface area contributed by atoms with Crippen LogP contribution in [0.2, 0.25) is 0 Å². The van der Waals surface area contributed by atoms with E-state index in [1.54, 1.807) is 11.3 Å². The SMILES string of the molecule is O=C(CCc1csc(-c2ccccc2)n1)N1CCc2cc3c(cc2C1)OCO3. The number of carbonyl (C=O) groups is 1. The van der Waals surface area contributed by atoms with Crippen LogP contribution in [0.4, 0.5) is 0 Å². The van der Waals surface area contributed by atoms with E-state index in [0.29, 0.717) is 19.4 Å². The van der Waals surface area contributed by atoms with E-state index in [4.69, 9.17) is 14.5 Å². The first-order valence-electron chi connectivity index (χ1n) is 9.45. The molecule has 1 aromatic heterocycles. The highest BCUT2D eigenvalue weighted by Gasteiger charge is 2.24. The molecule has 0 spiro atoms. The molecule has 0 saturated carbocycles. The number of aromatic nitrogens is 1. The van der Waals surface area contributed by atoms with E-state index in [0.717, 1.165) is 46.3 Å². The molecule has 0 fully saturated rings. The Bertz CT molecular complexity index is 1020. The fourth-order valence-electron chi connectivity index (χ4n) is 3.69. The molecule has 3 heterocycles. The number of amides is 1. The lowest BCUT2D eigenvalue weighted by Gasteiger charge is -2.29. The molecule has 0 saturated heterocycles. The highest BCUT2D eigenvalue weighted by Crippen LogP contribution is 2.36. The predicted octanol–water partition coefficient (Wildman–Crippen LogP) is 4.06. The molecular weight excluding hydrogens is 372 g/mol. The minimum absolute atomic E-state index is 0.178. The van der Waals surface area contributed by atoms with Gasteiger partial charge in [-0.2, -0.15) is 0 Å². The van der Waals surface area contributed by atoms with Gasteiger partial charge in [-0.1, -0.05) is 30.3 Å². The Hall–Kier alpha value is -2.86. The summed E-state index contributed by atoms with van der Waals surface area (Å²) < 4.78 is 10.9. The van der Waals surface area contributed by atoms with Crippen molar-refractivity contribution >= 4 is 17.2 Å². The zero-order valence-electron chi connectivity index (χ0n) is 15.4. The Kier molecular flexibility index (Phi) is 4.49. The van der Waals surface area contributed by atoms with Gasteiger partial charge in [0, 0.05) is 30.5 Å². The van der Waals surface area contributed by atoms with E-state index in [1.807, 2.05) is 29.2 Å². The molecule has 0 aliphatic carbocycles. The van der Waals surface area contributed by atoms with Crippen molar-refractivity contribution in [2.75, 3.05) is 13.3 Å². The van der Waals surface area contributed by atoms with Crippen LogP contribution in [0.15, 0.2) is 47.8 Å². The van der Waals surface area contributed by atoms with Crippen LogP contribution >= 0.6 is 11.3 Å². The Morgan fingerprint density at radius 1 is 1.11 bits per heavy atom. The molecule has 6 heteroatoms. The number of hydrogen-bond donors (Lipinski definition) is 0. The first-order chi connectivity index (χ1) is 13.8. The Morgan fingerprint density at radius 3 is 2.71 bits per heavy atom. The van der Waals surface area contributed by atoms with Crippen LogP contribution in [0.3, 0.4) is 0 Å². The molecule has 142 valence electrons. The van der Waals surface area contributed by atoms with Gasteiger partial charge in [0.05, 0.1) is 5.69 Å². The average molecular weight is 392 g/mol. The van der Waals surface area contributed by atoms with Gasteiger partial charge in [0.2, 0.25) is 12.7 Å².